The van der Waals surface area contributed by atoms with E-state index in [-0.39, 0.29) is 17.8 Å². The molecule has 0 saturated carbocycles. The summed E-state index contributed by atoms with van der Waals surface area (Å²) in [6, 6.07) is 10.9. The van der Waals surface area contributed by atoms with Gasteiger partial charge in [-0.1, -0.05) is 24.3 Å². The van der Waals surface area contributed by atoms with Gasteiger partial charge in [0.1, 0.15) is 0 Å². The molecule has 0 unspecified atom stereocenters. The van der Waals surface area contributed by atoms with Gasteiger partial charge >= 0.3 is 0 Å². The molecule has 0 saturated heterocycles. The minimum Gasteiger partial charge on any atom is -0.338 e. The maximum atomic E-state index is 14.1. The zero-order valence-corrected chi connectivity index (χ0v) is 10.4. The van der Waals surface area contributed by atoms with Gasteiger partial charge in [-0.15, -0.1) is 0 Å². The summed E-state index contributed by atoms with van der Waals surface area (Å²) in [6.07, 6.45) is 0.843. The van der Waals surface area contributed by atoms with Crippen molar-refractivity contribution in [1.29, 1.82) is 0 Å². The molecular formula is C15H14F2N2. The van der Waals surface area contributed by atoms with Crippen LogP contribution in [0.5, 0.6) is 0 Å². The Kier molecular flexibility index (Phi) is 2.95. The Hall–Kier alpha value is -1.94. The quantitative estimate of drug-likeness (QED) is 0.899. The fraction of sp³-hybridized carbons (Fsp3) is 0.200. The van der Waals surface area contributed by atoms with Crippen molar-refractivity contribution in [2.24, 2.45) is 5.73 Å². The number of para-hydroxylation sites is 1. The van der Waals surface area contributed by atoms with Crippen molar-refractivity contribution in [2.75, 3.05) is 11.4 Å². The summed E-state index contributed by atoms with van der Waals surface area (Å²) in [5.74, 6) is -1.66. The lowest BCUT2D eigenvalue weighted by Gasteiger charge is -2.21. The summed E-state index contributed by atoms with van der Waals surface area (Å²) in [4.78, 5) is 1.81. The molecule has 0 aliphatic carbocycles. The summed E-state index contributed by atoms with van der Waals surface area (Å²) in [6.45, 7) is 0.664. The molecule has 0 amide bonds. The number of anilines is 2. The molecule has 1 aliphatic rings. The fourth-order valence-corrected chi connectivity index (χ4v) is 2.53. The first-order chi connectivity index (χ1) is 9.22. The minimum absolute atomic E-state index is 0.000377. The van der Waals surface area contributed by atoms with E-state index >= 15 is 0 Å². The van der Waals surface area contributed by atoms with E-state index in [0.717, 1.165) is 17.7 Å². The van der Waals surface area contributed by atoms with Gasteiger partial charge in [-0.25, -0.2) is 8.78 Å². The maximum absolute atomic E-state index is 14.1. The Balaban J connectivity index is 2.08. The Bertz CT molecular complexity index is 626. The Morgan fingerprint density at radius 3 is 2.58 bits per heavy atom. The first-order valence-electron chi connectivity index (χ1n) is 6.24. The average Bonchev–Trinajstić information content (AvgIpc) is 2.86. The third-order valence-electron chi connectivity index (χ3n) is 3.54. The fourth-order valence-electron chi connectivity index (χ4n) is 2.53. The van der Waals surface area contributed by atoms with Gasteiger partial charge < -0.3 is 10.6 Å². The van der Waals surface area contributed by atoms with Crippen molar-refractivity contribution >= 4 is 11.4 Å². The van der Waals surface area contributed by atoms with Gasteiger partial charge in [-0.2, -0.15) is 0 Å². The highest BCUT2D eigenvalue weighted by atomic mass is 19.2. The number of nitrogens with two attached hydrogens (primary N) is 1. The van der Waals surface area contributed by atoms with Gasteiger partial charge in [0.05, 0.1) is 5.69 Å². The lowest BCUT2D eigenvalue weighted by atomic mass is 10.1. The number of hydrogen-bond donors (Lipinski definition) is 1. The van der Waals surface area contributed by atoms with Crippen LogP contribution in [0.15, 0.2) is 36.4 Å². The minimum atomic E-state index is -0.843. The molecule has 4 heteroatoms. The zero-order chi connectivity index (χ0) is 13.4. The number of fused-ring (bicyclic) bond motifs is 1. The molecule has 2 N–H and O–H groups in total. The highest BCUT2D eigenvalue weighted by Crippen LogP contribution is 2.36. The molecule has 0 spiro atoms. The number of benzene rings is 2. The molecule has 19 heavy (non-hydrogen) atoms. The standard InChI is InChI=1S/C15H14F2N2/c16-14-11(9-18)5-6-13(15(14)17)19-8-7-10-3-1-2-4-12(10)19/h1-6H,7-9,18H2. The van der Waals surface area contributed by atoms with Crippen LogP contribution in [0.2, 0.25) is 0 Å². The van der Waals surface area contributed by atoms with Crippen molar-refractivity contribution in [3.8, 4) is 0 Å². The van der Waals surface area contributed by atoms with Crippen LogP contribution in [0.25, 0.3) is 0 Å². The highest BCUT2D eigenvalue weighted by Gasteiger charge is 2.24. The molecule has 1 aliphatic heterocycles. The molecule has 2 aromatic carbocycles. The molecule has 3 rings (SSSR count). The third-order valence-corrected chi connectivity index (χ3v) is 3.54. The summed E-state index contributed by atoms with van der Waals surface area (Å²) in [7, 11) is 0. The van der Waals surface area contributed by atoms with E-state index in [9.17, 15) is 8.78 Å². The first-order valence-corrected chi connectivity index (χ1v) is 6.24. The van der Waals surface area contributed by atoms with Gasteiger partial charge in [0.15, 0.2) is 11.6 Å². The van der Waals surface area contributed by atoms with Gasteiger partial charge in [0.2, 0.25) is 0 Å². The summed E-state index contributed by atoms with van der Waals surface area (Å²) >= 11 is 0. The van der Waals surface area contributed by atoms with Crippen molar-refractivity contribution < 1.29 is 8.78 Å². The van der Waals surface area contributed by atoms with E-state index in [1.54, 1.807) is 12.1 Å². The topological polar surface area (TPSA) is 29.3 Å². The summed E-state index contributed by atoms with van der Waals surface area (Å²) < 4.78 is 27.9. The van der Waals surface area contributed by atoms with Crippen LogP contribution < -0.4 is 10.6 Å². The van der Waals surface area contributed by atoms with E-state index in [1.807, 2.05) is 29.2 Å². The normalized spacial score (nSPS) is 13.7. The molecule has 98 valence electrons. The maximum Gasteiger partial charge on any atom is 0.182 e. The molecule has 0 aromatic heterocycles. The number of hydrogen-bond acceptors (Lipinski definition) is 2. The van der Waals surface area contributed by atoms with Crippen molar-refractivity contribution in [1.82, 2.24) is 0 Å². The Morgan fingerprint density at radius 1 is 1.00 bits per heavy atom. The van der Waals surface area contributed by atoms with Gasteiger partial charge in [-0.3, -0.25) is 0 Å². The van der Waals surface area contributed by atoms with E-state index < -0.39 is 11.6 Å². The van der Waals surface area contributed by atoms with E-state index in [1.165, 1.54) is 0 Å². The van der Waals surface area contributed by atoms with Gasteiger partial charge in [-0.05, 0) is 24.1 Å². The third kappa shape index (κ3) is 1.88. The molecule has 2 aromatic rings. The molecule has 0 radical (unpaired) electrons. The van der Waals surface area contributed by atoms with Crippen molar-refractivity contribution in [2.45, 2.75) is 13.0 Å². The van der Waals surface area contributed by atoms with E-state index in [0.29, 0.717) is 6.54 Å². The number of rotatable bonds is 2. The highest BCUT2D eigenvalue weighted by molar-refractivity contribution is 5.70. The smallest absolute Gasteiger partial charge is 0.182 e. The lowest BCUT2D eigenvalue weighted by molar-refractivity contribution is 0.499. The van der Waals surface area contributed by atoms with Gasteiger partial charge in [0.25, 0.3) is 0 Å². The van der Waals surface area contributed by atoms with E-state index in [2.05, 4.69) is 0 Å². The lowest BCUT2D eigenvalue weighted by Crippen LogP contribution is -2.16. The van der Waals surface area contributed by atoms with Gasteiger partial charge in [0, 0.05) is 24.3 Å². The number of halogens is 2. The van der Waals surface area contributed by atoms with Crippen molar-refractivity contribution in [3.63, 3.8) is 0 Å². The zero-order valence-electron chi connectivity index (χ0n) is 10.4. The molecular weight excluding hydrogens is 246 g/mol. The molecule has 0 bridgehead atoms. The van der Waals surface area contributed by atoms with Crippen LogP contribution in [0, 0.1) is 11.6 Å². The monoisotopic (exact) mass is 260 g/mol. The average molecular weight is 260 g/mol. The predicted octanol–water partition coefficient (Wildman–Crippen LogP) is 3.12. The van der Waals surface area contributed by atoms with Crippen LogP contribution in [0.3, 0.4) is 0 Å². The molecule has 1 heterocycles. The summed E-state index contributed by atoms with van der Waals surface area (Å²) in [5, 5.41) is 0. The van der Waals surface area contributed by atoms with Crippen LogP contribution in [-0.2, 0) is 13.0 Å². The second-order valence-corrected chi connectivity index (χ2v) is 4.61. The van der Waals surface area contributed by atoms with Crippen molar-refractivity contribution in [3.05, 3.63) is 59.2 Å². The number of nitrogens with zero attached hydrogens (tertiary/aromatic N) is 1. The molecule has 2 nitrogen and oxygen atoms in total. The predicted molar refractivity (Wildman–Crippen MR) is 71.4 cm³/mol. The van der Waals surface area contributed by atoms with E-state index in [4.69, 9.17) is 5.73 Å². The van der Waals surface area contributed by atoms with Crippen LogP contribution in [0.1, 0.15) is 11.1 Å². The molecule has 0 fully saturated rings. The SMILES string of the molecule is NCc1ccc(N2CCc3ccccc32)c(F)c1F. The second kappa shape index (κ2) is 4.63. The Morgan fingerprint density at radius 2 is 1.79 bits per heavy atom. The van der Waals surface area contributed by atoms with Crippen LogP contribution in [0.4, 0.5) is 20.2 Å². The Labute approximate surface area is 110 Å². The van der Waals surface area contributed by atoms with Crippen LogP contribution >= 0.6 is 0 Å². The van der Waals surface area contributed by atoms with Crippen LogP contribution in [-0.4, -0.2) is 6.54 Å². The second-order valence-electron chi connectivity index (χ2n) is 4.61. The largest absolute Gasteiger partial charge is 0.338 e. The molecule has 0 atom stereocenters. The summed E-state index contributed by atoms with van der Waals surface area (Å²) in [5.41, 5.74) is 7.96. The first kappa shape index (κ1) is 12.1.